The van der Waals surface area contributed by atoms with Crippen molar-refractivity contribution in [2.75, 3.05) is 19.6 Å². The van der Waals surface area contributed by atoms with Crippen molar-refractivity contribution < 1.29 is 32.6 Å². The Balaban J connectivity index is 1.95. The molecule has 1 aromatic rings. The highest BCUT2D eigenvalue weighted by Gasteiger charge is 2.63. The Hall–Kier alpha value is -2.71. The number of alkyl carbamates (subject to hydrolysis) is 1. The van der Waals surface area contributed by atoms with Crippen LogP contribution >= 0.6 is 0 Å². The van der Waals surface area contributed by atoms with Gasteiger partial charge in [0, 0.05) is 26.6 Å². The van der Waals surface area contributed by atoms with E-state index in [-0.39, 0.29) is 32.7 Å². The van der Waals surface area contributed by atoms with E-state index in [9.17, 15) is 23.2 Å². The molecule has 0 atom stereocenters. The summed E-state index contributed by atoms with van der Waals surface area (Å²) in [6, 6.07) is 8.97. The van der Waals surface area contributed by atoms with E-state index in [1.54, 1.807) is 45.0 Å². The minimum atomic E-state index is -3.64. The number of carbonyl (C=O) groups excluding carboxylic acids is 3. The molecule has 0 bridgehead atoms. The second-order valence-electron chi connectivity index (χ2n) is 8.49. The molecule has 1 N–H and O–H groups in total. The monoisotopic (exact) mass is 426 g/mol. The van der Waals surface area contributed by atoms with Gasteiger partial charge in [-0.2, -0.15) is 8.78 Å². The Morgan fingerprint density at radius 2 is 1.73 bits per heavy atom. The summed E-state index contributed by atoms with van der Waals surface area (Å²) in [5, 5.41) is 2.42. The summed E-state index contributed by atoms with van der Waals surface area (Å²) < 4.78 is 39.6. The third-order valence-corrected chi connectivity index (χ3v) is 4.83. The Morgan fingerprint density at radius 3 is 2.27 bits per heavy atom. The molecule has 0 radical (unpaired) electrons. The highest BCUT2D eigenvalue weighted by atomic mass is 19.3. The molecule has 0 aliphatic carbocycles. The molecule has 0 spiro atoms. The van der Waals surface area contributed by atoms with Crippen LogP contribution in [0, 0.1) is 5.41 Å². The van der Waals surface area contributed by atoms with Crippen LogP contribution in [0.25, 0.3) is 0 Å². The van der Waals surface area contributed by atoms with Crippen LogP contribution in [-0.2, 0) is 20.9 Å². The fraction of sp³-hybridized carbons (Fsp3) is 0.571. The number of benzene rings is 1. The lowest BCUT2D eigenvalue weighted by Gasteiger charge is -2.52. The molecule has 1 fully saturated rings. The van der Waals surface area contributed by atoms with Crippen molar-refractivity contribution >= 4 is 18.0 Å². The minimum absolute atomic E-state index is 0.0203. The summed E-state index contributed by atoms with van der Waals surface area (Å²) in [4.78, 5) is 36.7. The van der Waals surface area contributed by atoms with Gasteiger partial charge in [-0.1, -0.05) is 30.3 Å². The molecule has 2 amide bonds. The largest absolute Gasteiger partial charge is 0.445 e. The maximum Gasteiger partial charge on any atom is 0.410 e. The predicted molar refractivity (Wildman–Crippen MR) is 105 cm³/mol. The van der Waals surface area contributed by atoms with E-state index in [1.165, 1.54) is 0 Å². The van der Waals surface area contributed by atoms with Crippen molar-refractivity contribution in [3.05, 3.63) is 35.9 Å². The van der Waals surface area contributed by atoms with Crippen LogP contribution in [0.15, 0.2) is 30.3 Å². The molecule has 7 nitrogen and oxygen atoms in total. The zero-order chi connectivity index (χ0) is 22.6. The van der Waals surface area contributed by atoms with E-state index in [0.717, 1.165) is 17.4 Å². The smallest absolute Gasteiger partial charge is 0.410 e. The first-order valence-electron chi connectivity index (χ1n) is 9.68. The Kier molecular flexibility index (Phi) is 7.05. The minimum Gasteiger partial charge on any atom is -0.445 e. The number of ketones is 1. The summed E-state index contributed by atoms with van der Waals surface area (Å²) in [5.41, 5.74) is -1.71. The molecule has 1 saturated heterocycles. The molecule has 0 unspecified atom stereocenters. The van der Waals surface area contributed by atoms with Crippen LogP contribution in [0.4, 0.5) is 18.4 Å². The van der Waals surface area contributed by atoms with Crippen LogP contribution in [0.3, 0.4) is 0 Å². The molecule has 0 aromatic heterocycles. The summed E-state index contributed by atoms with van der Waals surface area (Å²) in [5.74, 6) is -4.92. The number of amides is 2. The van der Waals surface area contributed by atoms with Gasteiger partial charge in [-0.05, 0) is 32.8 Å². The zero-order valence-electron chi connectivity index (χ0n) is 17.7. The quantitative estimate of drug-likeness (QED) is 0.718. The van der Waals surface area contributed by atoms with E-state index < -0.39 is 34.9 Å². The third-order valence-electron chi connectivity index (χ3n) is 4.83. The lowest BCUT2D eigenvalue weighted by atomic mass is 9.70. The standard InChI is InChI=1S/C21H28F2N2O5/c1-15(26)21(22,23)20(10-11-24-17(27)30-19(2,3)4)13-25(14-20)18(28)29-12-16-8-6-5-7-9-16/h5-9H,10-14H2,1-4H3,(H,24,27). The van der Waals surface area contributed by atoms with Gasteiger partial charge in [0.15, 0.2) is 5.78 Å². The molecule has 2 rings (SSSR count). The average Bonchev–Trinajstić information content (AvgIpc) is 2.60. The van der Waals surface area contributed by atoms with Crippen LogP contribution < -0.4 is 5.32 Å². The molecule has 1 aromatic carbocycles. The van der Waals surface area contributed by atoms with Crippen molar-refractivity contribution in [1.29, 1.82) is 0 Å². The number of carbonyl (C=O) groups is 3. The van der Waals surface area contributed by atoms with E-state index in [2.05, 4.69) is 5.32 Å². The number of likely N-dealkylation sites (tertiary alicyclic amines) is 1. The number of alkyl halides is 2. The lowest BCUT2D eigenvalue weighted by molar-refractivity contribution is -0.192. The topological polar surface area (TPSA) is 84.9 Å². The van der Waals surface area contributed by atoms with Gasteiger partial charge in [0.1, 0.15) is 12.2 Å². The second-order valence-corrected chi connectivity index (χ2v) is 8.49. The van der Waals surface area contributed by atoms with E-state index in [4.69, 9.17) is 9.47 Å². The maximum atomic E-state index is 14.7. The molecular weight excluding hydrogens is 398 g/mol. The number of halogens is 2. The van der Waals surface area contributed by atoms with Crippen LogP contribution in [0.5, 0.6) is 0 Å². The van der Waals surface area contributed by atoms with Crippen molar-refractivity contribution in [3.8, 4) is 0 Å². The summed E-state index contributed by atoms with van der Waals surface area (Å²) >= 11 is 0. The number of nitrogens with zero attached hydrogens (tertiary/aromatic N) is 1. The van der Waals surface area contributed by atoms with Crippen molar-refractivity contribution in [3.63, 3.8) is 0 Å². The number of nitrogens with one attached hydrogen (secondary N) is 1. The van der Waals surface area contributed by atoms with E-state index in [0.29, 0.717) is 0 Å². The van der Waals surface area contributed by atoms with Gasteiger partial charge in [-0.3, -0.25) is 4.79 Å². The zero-order valence-corrected chi connectivity index (χ0v) is 17.7. The molecular formula is C21H28F2N2O5. The fourth-order valence-electron chi connectivity index (χ4n) is 3.23. The predicted octanol–water partition coefficient (Wildman–Crippen LogP) is 3.76. The van der Waals surface area contributed by atoms with Crippen LogP contribution in [-0.4, -0.2) is 54.0 Å². The first-order chi connectivity index (χ1) is 13.9. The number of hydrogen-bond donors (Lipinski definition) is 1. The van der Waals surface area contributed by atoms with Gasteiger partial charge in [0.25, 0.3) is 0 Å². The molecule has 1 heterocycles. The summed E-state index contributed by atoms with van der Waals surface area (Å²) in [6.07, 6.45) is -1.66. The SMILES string of the molecule is CC(=O)C(F)(F)C1(CCNC(=O)OC(C)(C)C)CN(C(=O)OCc2ccccc2)C1. The van der Waals surface area contributed by atoms with Crippen molar-refractivity contribution in [2.45, 2.75) is 52.2 Å². The highest BCUT2D eigenvalue weighted by Crippen LogP contribution is 2.47. The molecule has 9 heteroatoms. The van der Waals surface area contributed by atoms with Crippen molar-refractivity contribution in [1.82, 2.24) is 10.2 Å². The van der Waals surface area contributed by atoms with Crippen LogP contribution in [0.2, 0.25) is 0 Å². The molecule has 1 aliphatic rings. The van der Waals surface area contributed by atoms with Gasteiger partial charge < -0.3 is 19.7 Å². The molecule has 166 valence electrons. The Morgan fingerprint density at radius 1 is 1.13 bits per heavy atom. The van der Waals surface area contributed by atoms with Gasteiger partial charge in [0.05, 0.1) is 5.41 Å². The summed E-state index contributed by atoms with van der Waals surface area (Å²) in [7, 11) is 0. The van der Waals surface area contributed by atoms with E-state index in [1.807, 2.05) is 6.07 Å². The summed E-state index contributed by atoms with van der Waals surface area (Å²) in [6.45, 7) is 5.08. The van der Waals surface area contributed by atoms with Gasteiger partial charge >= 0.3 is 18.1 Å². The number of hydrogen-bond acceptors (Lipinski definition) is 5. The maximum absolute atomic E-state index is 14.7. The number of Topliss-reactive ketones (excluding diaryl/α,β-unsaturated/α-hetero) is 1. The first kappa shape index (κ1) is 23.6. The number of ether oxygens (including phenoxy) is 2. The Labute approximate surface area is 174 Å². The highest BCUT2D eigenvalue weighted by molar-refractivity contribution is 5.85. The molecule has 30 heavy (non-hydrogen) atoms. The Bertz CT molecular complexity index is 771. The normalized spacial score (nSPS) is 15.7. The van der Waals surface area contributed by atoms with Gasteiger partial charge in [0.2, 0.25) is 0 Å². The van der Waals surface area contributed by atoms with Gasteiger partial charge in [-0.15, -0.1) is 0 Å². The fourth-order valence-corrected chi connectivity index (χ4v) is 3.23. The van der Waals surface area contributed by atoms with Gasteiger partial charge in [-0.25, -0.2) is 9.59 Å². The van der Waals surface area contributed by atoms with E-state index >= 15 is 0 Å². The second kappa shape index (κ2) is 8.97. The van der Waals surface area contributed by atoms with Crippen LogP contribution in [0.1, 0.15) is 39.7 Å². The number of rotatable bonds is 7. The third kappa shape index (κ3) is 5.67. The lowest BCUT2D eigenvalue weighted by Crippen LogP contribution is -2.68. The molecule has 0 saturated carbocycles. The van der Waals surface area contributed by atoms with Crippen molar-refractivity contribution in [2.24, 2.45) is 5.41 Å². The first-order valence-corrected chi connectivity index (χ1v) is 9.68. The molecule has 1 aliphatic heterocycles. The average molecular weight is 426 g/mol.